The van der Waals surface area contributed by atoms with Crippen molar-refractivity contribution in [3.63, 3.8) is 0 Å². The Kier molecular flexibility index (Phi) is 4.01. The molecular formula is C12H21NO4. The Balaban J connectivity index is 1.85. The summed E-state index contributed by atoms with van der Waals surface area (Å²) < 4.78 is 5.16. The third kappa shape index (κ3) is 2.78. The van der Waals surface area contributed by atoms with Crippen molar-refractivity contribution >= 4 is 5.97 Å². The Morgan fingerprint density at radius 1 is 1.59 bits per heavy atom. The standard InChI is InChI=1S/C12H21NO4/c1-2-13-11(15)4-3-7-8-5-12(16)17-10(8)6-9(7)14/h7-11,13-15H,2-6H2,1H3/t7?,8-,9-,10+,11-/m1/s1. The summed E-state index contributed by atoms with van der Waals surface area (Å²) in [7, 11) is 0. The van der Waals surface area contributed by atoms with E-state index in [0.29, 0.717) is 19.3 Å². The molecule has 5 heteroatoms. The van der Waals surface area contributed by atoms with Gasteiger partial charge in [-0.3, -0.25) is 10.1 Å². The van der Waals surface area contributed by atoms with Crippen LogP contribution in [0.3, 0.4) is 0 Å². The molecule has 0 spiro atoms. The van der Waals surface area contributed by atoms with E-state index < -0.39 is 12.3 Å². The fourth-order valence-electron chi connectivity index (χ4n) is 3.07. The number of hydrogen-bond donors (Lipinski definition) is 3. The van der Waals surface area contributed by atoms with Crippen molar-refractivity contribution in [1.82, 2.24) is 5.32 Å². The van der Waals surface area contributed by atoms with Crippen molar-refractivity contribution in [2.24, 2.45) is 11.8 Å². The summed E-state index contributed by atoms with van der Waals surface area (Å²) in [5.74, 6) is 0.0789. The Hall–Kier alpha value is -0.650. The Morgan fingerprint density at radius 2 is 2.35 bits per heavy atom. The minimum absolute atomic E-state index is 0.0831. The first kappa shape index (κ1) is 12.8. The normalized spacial score (nSPS) is 37.9. The molecule has 2 rings (SSSR count). The van der Waals surface area contributed by atoms with Gasteiger partial charge in [-0.2, -0.15) is 0 Å². The molecule has 2 aliphatic rings. The maximum absolute atomic E-state index is 11.2. The first-order valence-corrected chi connectivity index (χ1v) is 6.40. The maximum Gasteiger partial charge on any atom is 0.306 e. The molecule has 1 aliphatic carbocycles. The molecule has 2 fully saturated rings. The number of aliphatic hydroxyl groups excluding tert-OH is 2. The quantitative estimate of drug-likeness (QED) is 0.468. The van der Waals surface area contributed by atoms with E-state index in [0.717, 1.165) is 13.0 Å². The first-order valence-electron chi connectivity index (χ1n) is 6.40. The summed E-state index contributed by atoms with van der Waals surface area (Å²) in [6.07, 6.45) is 1.29. The van der Waals surface area contributed by atoms with Crippen LogP contribution in [0.5, 0.6) is 0 Å². The van der Waals surface area contributed by atoms with Crippen LogP contribution in [0.2, 0.25) is 0 Å². The summed E-state index contributed by atoms with van der Waals surface area (Å²) in [4.78, 5) is 11.2. The van der Waals surface area contributed by atoms with Crippen LogP contribution in [0.15, 0.2) is 0 Å². The average Bonchev–Trinajstić information content (AvgIpc) is 2.71. The van der Waals surface area contributed by atoms with Crippen LogP contribution >= 0.6 is 0 Å². The molecule has 98 valence electrons. The third-order valence-electron chi connectivity index (χ3n) is 3.89. The van der Waals surface area contributed by atoms with Crippen molar-refractivity contribution in [1.29, 1.82) is 0 Å². The number of esters is 1. The van der Waals surface area contributed by atoms with Crippen molar-refractivity contribution in [2.45, 2.75) is 51.0 Å². The number of aliphatic hydroxyl groups is 2. The number of hydrogen-bond acceptors (Lipinski definition) is 5. The second kappa shape index (κ2) is 5.33. The predicted molar refractivity (Wildman–Crippen MR) is 61.0 cm³/mol. The van der Waals surface area contributed by atoms with Crippen molar-refractivity contribution < 1.29 is 19.7 Å². The molecule has 5 atom stereocenters. The molecule has 1 heterocycles. The minimum atomic E-state index is -0.524. The molecule has 5 nitrogen and oxygen atoms in total. The molecule has 1 saturated heterocycles. The Labute approximate surface area is 101 Å². The Morgan fingerprint density at radius 3 is 3.06 bits per heavy atom. The smallest absolute Gasteiger partial charge is 0.306 e. The maximum atomic E-state index is 11.2. The van der Waals surface area contributed by atoms with E-state index in [-0.39, 0.29) is 23.9 Å². The number of fused-ring (bicyclic) bond motifs is 1. The number of rotatable bonds is 5. The highest BCUT2D eigenvalue weighted by Crippen LogP contribution is 2.43. The van der Waals surface area contributed by atoms with Gasteiger partial charge in [0.2, 0.25) is 0 Å². The molecule has 0 aromatic carbocycles. The van der Waals surface area contributed by atoms with Crippen LogP contribution in [-0.4, -0.2) is 41.2 Å². The van der Waals surface area contributed by atoms with Crippen LogP contribution in [0, 0.1) is 11.8 Å². The fraction of sp³-hybridized carbons (Fsp3) is 0.917. The predicted octanol–water partition coefficient (Wildman–Crippen LogP) is 0.00700. The largest absolute Gasteiger partial charge is 0.462 e. The zero-order chi connectivity index (χ0) is 12.4. The van der Waals surface area contributed by atoms with Gasteiger partial charge in [0.05, 0.1) is 12.5 Å². The van der Waals surface area contributed by atoms with E-state index >= 15 is 0 Å². The van der Waals surface area contributed by atoms with Gasteiger partial charge >= 0.3 is 5.97 Å². The average molecular weight is 243 g/mol. The highest BCUT2D eigenvalue weighted by atomic mass is 16.6. The zero-order valence-corrected chi connectivity index (χ0v) is 10.1. The van der Waals surface area contributed by atoms with Gasteiger partial charge in [0.1, 0.15) is 12.3 Å². The zero-order valence-electron chi connectivity index (χ0n) is 10.1. The number of carbonyl (C=O) groups excluding carboxylic acids is 1. The SMILES string of the molecule is CCN[C@H](O)CCC1[C@H](O)C[C@@H]2OC(=O)C[C@H]12. The van der Waals surface area contributed by atoms with E-state index in [1.54, 1.807) is 0 Å². The van der Waals surface area contributed by atoms with Gasteiger partial charge in [0.25, 0.3) is 0 Å². The lowest BCUT2D eigenvalue weighted by Gasteiger charge is -2.20. The number of nitrogens with one attached hydrogen (secondary N) is 1. The van der Waals surface area contributed by atoms with E-state index in [1.807, 2.05) is 6.92 Å². The second-order valence-electron chi connectivity index (χ2n) is 5.01. The molecule has 0 amide bonds. The molecule has 1 aliphatic heterocycles. The lowest BCUT2D eigenvalue weighted by molar-refractivity contribution is -0.141. The van der Waals surface area contributed by atoms with Crippen molar-refractivity contribution in [3.05, 3.63) is 0 Å². The topological polar surface area (TPSA) is 78.8 Å². The fourth-order valence-corrected chi connectivity index (χ4v) is 3.07. The van der Waals surface area contributed by atoms with Gasteiger partial charge in [-0.25, -0.2) is 0 Å². The third-order valence-corrected chi connectivity index (χ3v) is 3.89. The van der Waals surface area contributed by atoms with Crippen LogP contribution in [0.25, 0.3) is 0 Å². The molecular weight excluding hydrogens is 222 g/mol. The summed E-state index contributed by atoms with van der Waals surface area (Å²) in [6, 6.07) is 0. The van der Waals surface area contributed by atoms with Crippen LogP contribution < -0.4 is 5.32 Å². The molecule has 0 aromatic rings. The molecule has 0 aromatic heterocycles. The summed E-state index contributed by atoms with van der Waals surface area (Å²) in [5, 5.41) is 22.5. The molecule has 17 heavy (non-hydrogen) atoms. The molecule has 1 saturated carbocycles. The molecule has 0 bridgehead atoms. The van der Waals surface area contributed by atoms with Gasteiger partial charge in [0, 0.05) is 12.3 Å². The summed E-state index contributed by atoms with van der Waals surface area (Å²) in [5.41, 5.74) is 0. The van der Waals surface area contributed by atoms with E-state index in [9.17, 15) is 15.0 Å². The first-order chi connectivity index (χ1) is 8.11. The molecule has 1 unspecified atom stereocenters. The van der Waals surface area contributed by atoms with E-state index in [1.165, 1.54) is 0 Å². The van der Waals surface area contributed by atoms with Crippen LogP contribution in [0.4, 0.5) is 0 Å². The summed E-state index contributed by atoms with van der Waals surface area (Å²) in [6.45, 7) is 2.66. The van der Waals surface area contributed by atoms with E-state index in [4.69, 9.17) is 4.74 Å². The number of carbonyl (C=O) groups is 1. The monoisotopic (exact) mass is 243 g/mol. The minimum Gasteiger partial charge on any atom is -0.462 e. The number of ether oxygens (including phenoxy) is 1. The van der Waals surface area contributed by atoms with Crippen LogP contribution in [-0.2, 0) is 9.53 Å². The van der Waals surface area contributed by atoms with Crippen molar-refractivity contribution in [2.75, 3.05) is 6.54 Å². The summed E-state index contributed by atoms with van der Waals surface area (Å²) >= 11 is 0. The Bertz CT molecular complexity index is 284. The van der Waals surface area contributed by atoms with Crippen molar-refractivity contribution in [3.8, 4) is 0 Å². The second-order valence-corrected chi connectivity index (χ2v) is 5.01. The van der Waals surface area contributed by atoms with Gasteiger partial charge in [-0.1, -0.05) is 6.92 Å². The lowest BCUT2D eigenvalue weighted by Crippen LogP contribution is -2.30. The van der Waals surface area contributed by atoms with Gasteiger partial charge in [-0.15, -0.1) is 0 Å². The van der Waals surface area contributed by atoms with Gasteiger partial charge < -0.3 is 14.9 Å². The lowest BCUT2D eigenvalue weighted by atomic mass is 9.88. The molecule has 0 radical (unpaired) electrons. The van der Waals surface area contributed by atoms with Gasteiger partial charge in [0.15, 0.2) is 0 Å². The van der Waals surface area contributed by atoms with Crippen LogP contribution in [0.1, 0.15) is 32.6 Å². The van der Waals surface area contributed by atoms with Gasteiger partial charge in [-0.05, 0) is 25.3 Å². The highest BCUT2D eigenvalue weighted by molar-refractivity contribution is 5.72. The highest BCUT2D eigenvalue weighted by Gasteiger charge is 2.49. The van der Waals surface area contributed by atoms with E-state index in [2.05, 4.69) is 5.32 Å². The molecule has 3 N–H and O–H groups in total.